The highest BCUT2D eigenvalue weighted by atomic mass is 79.9. The van der Waals surface area contributed by atoms with Crippen molar-refractivity contribution >= 4 is 162 Å². The van der Waals surface area contributed by atoms with Crippen LogP contribution in [0.15, 0.2) is 86.6 Å². The van der Waals surface area contributed by atoms with Crippen LogP contribution in [0.2, 0.25) is 30.8 Å². The summed E-state index contributed by atoms with van der Waals surface area (Å²) in [4.78, 5) is 28.5. The fourth-order valence-corrected chi connectivity index (χ4v) is 14.0. The number of anilines is 5. The van der Waals surface area contributed by atoms with Crippen molar-refractivity contribution in [1.82, 2.24) is 60.5 Å². The zero-order chi connectivity index (χ0) is 54.4. The Kier molecular flexibility index (Phi) is 21.2. The number of rotatable bonds is 12. The lowest BCUT2D eigenvalue weighted by Crippen LogP contribution is -2.26. The molecule has 24 heteroatoms. The highest BCUT2D eigenvalue weighted by molar-refractivity contribution is 9.11. The summed E-state index contributed by atoms with van der Waals surface area (Å²) in [6.45, 7) is 8.27. The van der Waals surface area contributed by atoms with Crippen molar-refractivity contribution in [1.29, 1.82) is 0 Å². The molecule has 9 heterocycles. The topological polar surface area (TPSA) is 205 Å². The molecule has 0 unspecified atom stereocenters. The van der Waals surface area contributed by atoms with Crippen LogP contribution in [0, 0.1) is 0 Å². The maximum Gasteiger partial charge on any atom is 0.215 e. The fraction of sp³-hybridized carbons (Fsp3) is 0.444. The Balaban J connectivity index is 0.000000137. The first-order valence-corrected chi connectivity index (χ1v) is 35.5. The molecule has 0 saturated heterocycles. The van der Waals surface area contributed by atoms with Crippen molar-refractivity contribution in [3.05, 3.63) is 107 Å². The van der Waals surface area contributed by atoms with Crippen LogP contribution in [0.1, 0.15) is 129 Å². The molecule has 78 heavy (non-hydrogen) atoms. The Morgan fingerprint density at radius 2 is 1.06 bits per heavy atom. The van der Waals surface area contributed by atoms with Crippen molar-refractivity contribution in [2.75, 3.05) is 29.3 Å². The van der Waals surface area contributed by atoms with E-state index in [0.29, 0.717) is 34.8 Å². The third-order valence-corrected chi connectivity index (χ3v) is 19.9. The van der Waals surface area contributed by atoms with Crippen LogP contribution in [0.4, 0.5) is 27.0 Å². The summed E-state index contributed by atoms with van der Waals surface area (Å²) in [5.41, 5.74) is 10.6. The minimum atomic E-state index is -1.15. The number of hydrogen-bond acceptors (Lipinski definition) is 19. The molecule has 410 valence electrons. The lowest BCUT2D eigenvalue weighted by Gasteiger charge is -2.22. The Hall–Kier alpha value is -4.33. The molecule has 3 fully saturated rings. The van der Waals surface area contributed by atoms with Gasteiger partial charge in [-0.15, -0.1) is 30.6 Å². The van der Waals surface area contributed by atoms with Gasteiger partial charge in [-0.3, -0.25) is 19.9 Å². The van der Waals surface area contributed by atoms with E-state index in [1.165, 1.54) is 96.3 Å². The molecule has 0 bridgehead atoms. The zero-order valence-electron chi connectivity index (χ0n) is 43.9. The van der Waals surface area contributed by atoms with Gasteiger partial charge in [-0.1, -0.05) is 123 Å². The third-order valence-electron chi connectivity index (χ3n) is 13.6. The van der Waals surface area contributed by atoms with Crippen LogP contribution >= 0.6 is 93.4 Å². The molecule has 0 amide bonds. The Morgan fingerprint density at radius 1 is 0.577 bits per heavy atom. The van der Waals surface area contributed by atoms with Crippen molar-refractivity contribution < 1.29 is 4.74 Å². The number of nitrogens with zero attached hydrogens (tertiary/aromatic N) is 13. The summed E-state index contributed by atoms with van der Waals surface area (Å²) in [7, 11) is -1.15. The van der Waals surface area contributed by atoms with E-state index in [9.17, 15) is 0 Å². The van der Waals surface area contributed by atoms with Crippen molar-refractivity contribution in [3.8, 4) is 0 Å². The van der Waals surface area contributed by atoms with Gasteiger partial charge in [-0.05, 0) is 147 Å². The third kappa shape index (κ3) is 17.1. The van der Waals surface area contributed by atoms with Crippen LogP contribution in [0.5, 0.6) is 0 Å². The van der Waals surface area contributed by atoms with Crippen LogP contribution in [-0.2, 0) is 4.74 Å². The molecule has 9 aromatic heterocycles. The minimum Gasteiger partial charge on any atom is -0.374 e. The Labute approximate surface area is 498 Å². The molecule has 0 aromatic carbocycles. The largest absolute Gasteiger partial charge is 0.374 e. The number of nitrogen functional groups attached to an aromatic ring is 1. The lowest BCUT2D eigenvalue weighted by molar-refractivity contribution is 0.153. The predicted octanol–water partition coefficient (Wildman–Crippen LogP) is 17.0. The molecule has 0 radical (unpaired) electrons. The molecule has 9 aromatic rings. The van der Waals surface area contributed by atoms with Gasteiger partial charge in [0.05, 0.1) is 33.1 Å². The number of halogens is 4. The first-order valence-electron chi connectivity index (χ1n) is 26.6. The van der Waals surface area contributed by atoms with E-state index in [-0.39, 0.29) is 0 Å². The summed E-state index contributed by atoms with van der Waals surface area (Å²) in [5, 5.41) is 35.1. The molecule has 3 saturated carbocycles. The number of pyridine rings is 6. The van der Waals surface area contributed by atoms with Gasteiger partial charge < -0.3 is 15.8 Å². The molecular weight excluding hydrogens is 1270 g/mol. The van der Waals surface area contributed by atoms with Crippen LogP contribution in [-0.4, -0.2) is 81.9 Å². The number of aromatic nitrogens is 12. The molecule has 0 spiro atoms. The summed E-state index contributed by atoms with van der Waals surface area (Å²) < 4.78 is 8.85. The SMILES string of the molecule is Brc1cnc2ccc(Nc3nnc(C4CCCCC4)s3)nc2c1.C[Si](C)(C)CCOCN(c1ccc2ncc(Br)cc2n1)c1nnc(C2CCCCC2)s1.Clc1ccc2ncc(Br)cc2n1.Nc1nnc(C2CCCCC2)s1. The van der Waals surface area contributed by atoms with E-state index in [2.05, 4.69) is 133 Å². The van der Waals surface area contributed by atoms with E-state index >= 15 is 0 Å². The first-order chi connectivity index (χ1) is 37.8. The van der Waals surface area contributed by atoms with Gasteiger partial charge >= 0.3 is 0 Å². The van der Waals surface area contributed by atoms with E-state index in [1.807, 2.05) is 48.5 Å². The second-order valence-electron chi connectivity index (χ2n) is 20.8. The van der Waals surface area contributed by atoms with Crippen molar-refractivity contribution in [2.24, 2.45) is 0 Å². The standard InChI is InChI=1S/C22H30BrN5OSSi.C16H16BrN5S.C8H4BrClN2.C8H13N3S/c1-31(2,3)12-11-29-15-28(20-10-9-18-19(25-20)13-17(23)14-24-18)22-27-26-21(30-22)16-7-5-4-6-8-16;17-11-8-13-12(18-9-11)6-7-14(19-13)20-16-22-21-15(23-16)10-4-2-1-3-5-10;9-5-3-7-6(11-4-5)1-2-8(10)12-7;9-8-11-10-7(12-8)6-4-2-1-3-5-6/h9-10,13-14,16H,4-8,11-12,15H2,1-3H3;6-10H,1-5H2,(H,19,20,22);1-4H;6H,1-5H2,(H2,9,11). The van der Waals surface area contributed by atoms with E-state index in [0.717, 1.165) is 96.1 Å². The van der Waals surface area contributed by atoms with E-state index in [1.54, 1.807) is 58.7 Å². The van der Waals surface area contributed by atoms with Gasteiger partial charge in [0, 0.05) is 64.4 Å². The highest BCUT2D eigenvalue weighted by Gasteiger charge is 2.25. The molecular formula is C54H63Br3ClN15OS3Si. The first kappa shape index (κ1) is 58.3. The average Bonchev–Trinajstić information content (AvgIpc) is 4.26. The van der Waals surface area contributed by atoms with Gasteiger partial charge in [-0.2, -0.15) is 0 Å². The van der Waals surface area contributed by atoms with Gasteiger partial charge in [-0.25, -0.2) is 15.0 Å². The highest BCUT2D eigenvalue weighted by Crippen LogP contribution is 2.39. The lowest BCUT2D eigenvalue weighted by atomic mass is 9.90. The smallest absolute Gasteiger partial charge is 0.215 e. The average molecular weight is 1340 g/mol. The molecule has 0 aliphatic heterocycles. The molecule has 3 aliphatic rings. The molecule has 12 rings (SSSR count). The molecule has 3 aliphatic carbocycles. The second kappa shape index (κ2) is 28.4. The van der Waals surface area contributed by atoms with Gasteiger partial charge in [0.25, 0.3) is 0 Å². The number of ether oxygens (including phenoxy) is 1. The van der Waals surface area contributed by atoms with Crippen LogP contribution in [0.3, 0.4) is 0 Å². The van der Waals surface area contributed by atoms with Gasteiger partial charge in [0.2, 0.25) is 15.4 Å². The zero-order valence-corrected chi connectivity index (χ0v) is 52.9. The molecule has 16 nitrogen and oxygen atoms in total. The van der Waals surface area contributed by atoms with Crippen molar-refractivity contribution in [2.45, 2.75) is 140 Å². The minimum absolute atomic E-state index is 0.420. The summed E-state index contributed by atoms with van der Waals surface area (Å²) >= 11 is 20.8. The van der Waals surface area contributed by atoms with Gasteiger partial charge in [0.1, 0.15) is 38.5 Å². The summed E-state index contributed by atoms with van der Waals surface area (Å²) in [5.74, 6) is 3.35. The summed E-state index contributed by atoms with van der Waals surface area (Å²) in [6.07, 6.45) is 24.7. The van der Waals surface area contributed by atoms with E-state index < -0.39 is 8.07 Å². The quantitative estimate of drug-likeness (QED) is 0.0505. The maximum atomic E-state index is 6.11. The van der Waals surface area contributed by atoms with Crippen LogP contribution < -0.4 is 16.0 Å². The van der Waals surface area contributed by atoms with Gasteiger partial charge in [0.15, 0.2) is 0 Å². The molecule has 0 atom stereocenters. The Morgan fingerprint density at radius 3 is 1.62 bits per heavy atom. The normalized spacial score (nSPS) is 15.5. The second-order valence-corrected chi connectivity index (χ2v) is 32.6. The summed E-state index contributed by atoms with van der Waals surface area (Å²) in [6, 6.07) is 18.4. The van der Waals surface area contributed by atoms with E-state index in [4.69, 9.17) is 27.1 Å². The number of hydrogen-bond donors (Lipinski definition) is 2. The Bertz CT molecular complexity index is 3330. The number of nitrogens with two attached hydrogens (primary N) is 1. The predicted molar refractivity (Wildman–Crippen MR) is 333 cm³/mol. The molecule has 3 N–H and O–H groups in total. The number of nitrogens with one attached hydrogen (secondary N) is 1. The number of fused-ring (bicyclic) bond motifs is 3. The monoisotopic (exact) mass is 1330 g/mol. The fourth-order valence-electron chi connectivity index (χ4n) is 9.40. The van der Waals surface area contributed by atoms with Crippen LogP contribution in [0.25, 0.3) is 33.1 Å². The van der Waals surface area contributed by atoms with Crippen molar-refractivity contribution in [3.63, 3.8) is 0 Å². The maximum absolute atomic E-state index is 6.11.